The number of rotatable bonds is 5. The van der Waals surface area contributed by atoms with Crippen LogP contribution in [-0.4, -0.2) is 18.1 Å². The summed E-state index contributed by atoms with van der Waals surface area (Å²) in [5.74, 6) is -0.354. The Morgan fingerprint density at radius 1 is 1.44 bits per heavy atom. The van der Waals surface area contributed by atoms with Gasteiger partial charge in [0.25, 0.3) is 5.91 Å². The molecule has 1 amide bonds. The molecule has 1 rings (SSSR count). The fraction of sp³-hybridized carbons (Fsp3) is 0.462. The summed E-state index contributed by atoms with van der Waals surface area (Å²) in [5.41, 5.74) is 5.74. The highest BCUT2D eigenvalue weighted by molar-refractivity contribution is 5.80. The number of ether oxygens (including phenoxy) is 1. The van der Waals surface area contributed by atoms with Crippen LogP contribution in [0.5, 0.6) is 5.75 Å². The van der Waals surface area contributed by atoms with Crippen molar-refractivity contribution in [2.24, 2.45) is 5.73 Å². The summed E-state index contributed by atoms with van der Waals surface area (Å²) in [4.78, 5) is 11.7. The molecule has 1 atom stereocenters. The Bertz CT molecular complexity index is 421. The van der Waals surface area contributed by atoms with Crippen LogP contribution in [-0.2, 0) is 11.3 Å². The maximum Gasteiger partial charge on any atom is 0.260 e. The summed E-state index contributed by atoms with van der Waals surface area (Å²) in [5, 5.41) is 2.73. The lowest BCUT2D eigenvalue weighted by Crippen LogP contribution is -2.40. The number of nitrogens with one attached hydrogen (secondary N) is 1. The van der Waals surface area contributed by atoms with Crippen LogP contribution in [0.25, 0.3) is 0 Å². The third-order valence-electron chi connectivity index (χ3n) is 2.38. The van der Waals surface area contributed by atoms with Crippen molar-refractivity contribution in [2.45, 2.75) is 39.5 Å². The predicted molar refractivity (Wildman–Crippen MR) is 67.7 cm³/mol. The molecule has 5 heteroatoms. The van der Waals surface area contributed by atoms with Gasteiger partial charge in [-0.1, -0.05) is 6.07 Å². The molecule has 0 fully saturated rings. The van der Waals surface area contributed by atoms with Crippen molar-refractivity contribution in [3.05, 3.63) is 29.6 Å². The fourth-order valence-electron chi connectivity index (χ4n) is 1.49. The topological polar surface area (TPSA) is 64.3 Å². The smallest absolute Gasteiger partial charge is 0.260 e. The van der Waals surface area contributed by atoms with E-state index in [1.807, 2.05) is 13.8 Å². The zero-order valence-corrected chi connectivity index (χ0v) is 10.9. The molecule has 0 spiro atoms. The average molecular weight is 254 g/mol. The summed E-state index contributed by atoms with van der Waals surface area (Å²) in [6.45, 7) is 5.36. The highest BCUT2D eigenvalue weighted by Gasteiger charge is 2.17. The zero-order chi connectivity index (χ0) is 13.7. The molecule has 0 aromatic heterocycles. The second-order valence-corrected chi connectivity index (χ2v) is 4.34. The maximum atomic E-state index is 13.5. The van der Waals surface area contributed by atoms with Gasteiger partial charge < -0.3 is 15.8 Å². The SMILES string of the molecule is CC(C)NC(=O)C(C)Oc1cccc(F)c1CN. The van der Waals surface area contributed by atoms with Crippen LogP contribution in [0.1, 0.15) is 26.3 Å². The van der Waals surface area contributed by atoms with E-state index in [9.17, 15) is 9.18 Å². The standard InChI is InChI=1S/C13H19FN2O2/c1-8(2)16-13(17)9(3)18-12-6-4-5-11(14)10(12)7-15/h4-6,8-9H,7,15H2,1-3H3,(H,16,17). The van der Waals surface area contributed by atoms with E-state index in [0.717, 1.165) is 0 Å². The summed E-state index contributed by atoms with van der Waals surface area (Å²) in [6.07, 6.45) is -0.695. The molecule has 100 valence electrons. The molecular formula is C13H19FN2O2. The second kappa shape index (κ2) is 6.35. The number of hydrogen-bond acceptors (Lipinski definition) is 3. The second-order valence-electron chi connectivity index (χ2n) is 4.34. The zero-order valence-electron chi connectivity index (χ0n) is 10.9. The van der Waals surface area contributed by atoms with Gasteiger partial charge in [0.15, 0.2) is 6.10 Å². The molecule has 0 aliphatic heterocycles. The van der Waals surface area contributed by atoms with Gasteiger partial charge in [-0.3, -0.25) is 4.79 Å². The van der Waals surface area contributed by atoms with Crippen LogP contribution < -0.4 is 15.8 Å². The van der Waals surface area contributed by atoms with Crippen molar-refractivity contribution in [3.63, 3.8) is 0 Å². The van der Waals surface area contributed by atoms with Gasteiger partial charge in [-0.25, -0.2) is 4.39 Å². The molecule has 0 aliphatic carbocycles. The molecule has 0 saturated carbocycles. The van der Waals surface area contributed by atoms with E-state index in [4.69, 9.17) is 10.5 Å². The quantitative estimate of drug-likeness (QED) is 0.838. The molecule has 0 saturated heterocycles. The normalized spacial score (nSPS) is 12.3. The number of carbonyl (C=O) groups excluding carboxylic acids is 1. The third-order valence-corrected chi connectivity index (χ3v) is 2.38. The van der Waals surface area contributed by atoms with Gasteiger partial charge in [-0.15, -0.1) is 0 Å². The molecule has 0 aliphatic rings. The first-order valence-corrected chi connectivity index (χ1v) is 5.90. The molecule has 1 aromatic rings. The molecular weight excluding hydrogens is 235 g/mol. The van der Waals surface area contributed by atoms with Crippen molar-refractivity contribution in [1.29, 1.82) is 0 Å². The van der Waals surface area contributed by atoms with Crippen molar-refractivity contribution in [3.8, 4) is 5.75 Å². The van der Waals surface area contributed by atoms with E-state index in [0.29, 0.717) is 5.75 Å². The van der Waals surface area contributed by atoms with Crippen LogP contribution in [0.4, 0.5) is 4.39 Å². The fourth-order valence-corrected chi connectivity index (χ4v) is 1.49. The molecule has 3 N–H and O–H groups in total. The molecule has 1 unspecified atom stereocenters. The van der Waals surface area contributed by atoms with Gasteiger partial charge in [0, 0.05) is 18.2 Å². The van der Waals surface area contributed by atoms with Crippen molar-refractivity contribution < 1.29 is 13.9 Å². The minimum absolute atomic E-state index is 0.0283. The molecule has 18 heavy (non-hydrogen) atoms. The van der Waals surface area contributed by atoms with E-state index >= 15 is 0 Å². The number of carbonyl (C=O) groups is 1. The van der Waals surface area contributed by atoms with E-state index < -0.39 is 11.9 Å². The minimum Gasteiger partial charge on any atom is -0.480 e. The molecule has 1 aromatic carbocycles. The highest BCUT2D eigenvalue weighted by atomic mass is 19.1. The number of benzene rings is 1. The minimum atomic E-state index is -0.695. The van der Waals surface area contributed by atoms with Gasteiger partial charge in [-0.2, -0.15) is 0 Å². The summed E-state index contributed by atoms with van der Waals surface area (Å²) in [7, 11) is 0. The Kier molecular flexibility index (Phi) is 5.09. The van der Waals surface area contributed by atoms with Crippen LogP contribution in [0.2, 0.25) is 0 Å². The van der Waals surface area contributed by atoms with Gasteiger partial charge >= 0.3 is 0 Å². The Morgan fingerprint density at radius 3 is 2.67 bits per heavy atom. The molecule has 0 radical (unpaired) electrons. The van der Waals surface area contributed by atoms with E-state index in [1.165, 1.54) is 12.1 Å². The molecule has 0 bridgehead atoms. The van der Waals surface area contributed by atoms with Crippen LogP contribution in [0.15, 0.2) is 18.2 Å². The summed E-state index contributed by atoms with van der Waals surface area (Å²) in [6, 6.07) is 4.47. The summed E-state index contributed by atoms with van der Waals surface area (Å²) >= 11 is 0. The Labute approximate surface area is 106 Å². The Morgan fingerprint density at radius 2 is 2.11 bits per heavy atom. The van der Waals surface area contributed by atoms with Crippen LogP contribution in [0.3, 0.4) is 0 Å². The van der Waals surface area contributed by atoms with Gasteiger partial charge in [0.2, 0.25) is 0 Å². The van der Waals surface area contributed by atoms with Gasteiger partial charge in [0.1, 0.15) is 11.6 Å². The van der Waals surface area contributed by atoms with Crippen LogP contribution in [0, 0.1) is 5.82 Å². The number of nitrogens with two attached hydrogens (primary N) is 1. The number of amides is 1. The van der Waals surface area contributed by atoms with Gasteiger partial charge in [-0.05, 0) is 32.9 Å². The summed E-state index contributed by atoms with van der Waals surface area (Å²) < 4.78 is 18.9. The predicted octanol–water partition coefficient (Wildman–Crippen LogP) is 1.58. The highest BCUT2D eigenvalue weighted by Crippen LogP contribution is 2.22. The van der Waals surface area contributed by atoms with Crippen molar-refractivity contribution >= 4 is 5.91 Å². The van der Waals surface area contributed by atoms with Crippen LogP contribution >= 0.6 is 0 Å². The van der Waals surface area contributed by atoms with E-state index in [2.05, 4.69) is 5.32 Å². The Balaban J connectivity index is 2.78. The average Bonchev–Trinajstić information content (AvgIpc) is 2.28. The van der Waals surface area contributed by atoms with Crippen molar-refractivity contribution in [2.75, 3.05) is 0 Å². The third kappa shape index (κ3) is 3.70. The monoisotopic (exact) mass is 254 g/mol. The van der Waals surface area contributed by atoms with Gasteiger partial charge in [0.05, 0.1) is 0 Å². The lowest BCUT2D eigenvalue weighted by molar-refractivity contribution is -0.127. The number of hydrogen-bond donors (Lipinski definition) is 2. The first kappa shape index (κ1) is 14.4. The van der Waals surface area contributed by atoms with Crippen molar-refractivity contribution in [1.82, 2.24) is 5.32 Å². The lowest BCUT2D eigenvalue weighted by Gasteiger charge is -2.18. The molecule has 4 nitrogen and oxygen atoms in total. The maximum absolute atomic E-state index is 13.5. The number of halogens is 1. The first-order valence-electron chi connectivity index (χ1n) is 5.90. The van der Waals surface area contributed by atoms with E-state index in [1.54, 1.807) is 13.0 Å². The lowest BCUT2D eigenvalue weighted by atomic mass is 10.2. The molecule has 0 heterocycles. The largest absolute Gasteiger partial charge is 0.480 e. The first-order chi connectivity index (χ1) is 8.45. The van der Waals surface area contributed by atoms with E-state index in [-0.39, 0.29) is 24.1 Å². The Hall–Kier alpha value is -1.62.